The first kappa shape index (κ1) is 17.9. The number of aromatic nitrogens is 6. The van der Waals surface area contributed by atoms with Gasteiger partial charge in [0.1, 0.15) is 0 Å². The molecule has 4 heterocycles. The Kier molecular flexibility index (Phi) is 4.32. The molecule has 1 unspecified atom stereocenters. The summed E-state index contributed by atoms with van der Waals surface area (Å²) in [6.45, 7) is 6.80. The van der Waals surface area contributed by atoms with Crippen molar-refractivity contribution < 1.29 is 0 Å². The van der Waals surface area contributed by atoms with Crippen molar-refractivity contribution in [2.45, 2.75) is 32.9 Å². The summed E-state index contributed by atoms with van der Waals surface area (Å²) in [5.41, 5.74) is 8.12. The number of H-pyrrole nitrogens is 1. The minimum atomic E-state index is 0.234. The molecule has 1 N–H and O–H groups in total. The average Bonchev–Trinajstić information content (AvgIpc) is 3.41. The van der Waals surface area contributed by atoms with Gasteiger partial charge in [-0.1, -0.05) is 12.1 Å². The molecule has 7 heteroatoms. The second-order valence-electron chi connectivity index (χ2n) is 7.94. The maximum Gasteiger partial charge on any atom is 0.0925 e. The third-order valence-corrected chi connectivity index (χ3v) is 5.60. The predicted octanol–water partition coefficient (Wildman–Crippen LogP) is 3.09. The molecule has 0 saturated heterocycles. The third kappa shape index (κ3) is 3.38. The fraction of sp³-hybridized carbons (Fsp3) is 0.318. The lowest BCUT2D eigenvalue weighted by Gasteiger charge is -2.31. The van der Waals surface area contributed by atoms with E-state index in [2.05, 4.69) is 68.5 Å². The van der Waals surface area contributed by atoms with E-state index in [9.17, 15) is 0 Å². The zero-order valence-corrected chi connectivity index (χ0v) is 17.0. The van der Waals surface area contributed by atoms with Gasteiger partial charge >= 0.3 is 0 Å². The summed E-state index contributed by atoms with van der Waals surface area (Å²) in [5, 5.41) is 8.99. The summed E-state index contributed by atoms with van der Waals surface area (Å²) in [7, 11) is 1.96. The van der Waals surface area contributed by atoms with Crippen LogP contribution in [-0.4, -0.2) is 41.0 Å². The van der Waals surface area contributed by atoms with E-state index < -0.39 is 0 Å². The van der Waals surface area contributed by atoms with Crippen molar-refractivity contribution in [2.75, 3.05) is 6.54 Å². The van der Waals surface area contributed by atoms with Gasteiger partial charge in [0.25, 0.3) is 0 Å². The molecular weight excluding hydrogens is 362 g/mol. The summed E-state index contributed by atoms with van der Waals surface area (Å²) in [4.78, 5) is 10.4. The van der Waals surface area contributed by atoms with E-state index in [-0.39, 0.29) is 5.92 Å². The highest BCUT2D eigenvalue weighted by Gasteiger charge is 2.29. The first-order chi connectivity index (χ1) is 14.1. The van der Waals surface area contributed by atoms with Crippen LogP contribution >= 0.6 is 0 Å². The number of fused-ring (bicyclic) bond motifs is 1. The Morgan fingerprint density at radius 1 is 1.21 bits per heavy atom. The number of benzene rings is 1. The summed E-state index contributed by atoms with van der Waals surface area (Å²) in [6, 6.07) is 10.8. The maximum atomic E-state index is 4.63. The lowest BCUT2D eigenvalue weighted by molar-refractivity contribution is 0.228. The molecule has 29 heavy (non-hydrogen) atoms. The largest absolute Gasteiger partial charge is 0.347 e. The van der Waals surface area contributed by atoms with Gasteiger partial charge in [-0.15, -0.1) is 0 Å². The summed E-state index contributed by atoms with van der Waals surface area (Å²) >= 11 is 0. The molecule has 0 aliphatic carbocycles. The van der Waals surface area contributed by atoms with Crippen LogP contribution in [0.5, 0.6) is 0 Å². The first-order valence-corrected chi connectivity index (χ1v) is 9.92. The SMILES string of the molecule is Cc1cc(C)n(-c2cccc(CN3Cc4[nH]cnc4C(c4cnn(C)c4)C3)c2)n1. The Morgan fingerprint density at radius 3 is 2.86 bits per heavy atom. The van der Waals surface area contributed by atoms with E-state index in [1.807, 2.05) is 29.5 Å². The molecule has 0 radical (unpaired) electrons. The second-order valence-corrected chi connectivity index (χ2v) is 7.94. The van der Waals surface area contributed by atoms with E-state index in [1.54, 1.807) is 6.33 Å². The number of nitrogens with one attached hydrogen (secondary N) is 1. The Bertz CT molecular complexity index is 1150. The van der Waals surface area contributed by atoms with E-state index >= 15 is 0 Å². The molecule has 0 amide bonds. The van der Waals surface area contributed by atoms with Gasteiger partial charge in [-0.05, 0) is 37.6 Å². The van der Waals surface area contributed by atoms with E-state index in [0.29, 0.717) is 0 Å². The molecular formula is C22H25N7. The highest BCUT2D eigenvalue weighted by molar-refractivity contribution is 5.37. The summed E-state index contributed by atoms with van der Waals surface area (Å²) in [5.74, 6) is 0.234. The maximum absolute atomic E-state index is 4.63. The highest BCUT2D eigenvalue weighted by atomic mass is 15.3. The Balaban J connectivity index is 1.41. The van der Waals surface area contributed by atoms with Gasteiger partial charge in [0, 0.05) is 50.1 Å². The van der Waals surface area contributed by atoms with Crippen LogP contribution in [-0.2, 0) is 20.1 Å². The van der Waals surface area contributed by atoms with Crippen molar-refractivity contribution >= 4 is 0 Å². The quantitative estimate of drug-likeness (QED) is 0.584. The Labute approximate surface area is 170 Å². The summed E-state index contributed by atoms with van der Waals surface area (Å²) < 4.78 is 3.87. The average molecular weight is 387 g/mol. The van der Waals surface area contributed by atoms with Crippen LogP contribution in [0, 0.1) is 13.8 Å². The number of hydrogen-bond donors (Lipinski definition) is 1. The van der Waals surface area contributed by atoms with E-state index in [1.165, 1.54) is 16.8 Å². The fourth-order valence-electron chi connectivity index (χ4n) is 4.33. The van der Waals surface area contributed by atoms with Crippen molar-refractivity contribution in [1.82, 2.24) is 34.4 Å². The minimum Gasteiger partial charge on any atom is -0.347 e. The van der Waals surface area contributed by atoms with Crippen molar-refractivity contribution in [3.05, 3.63) is 83.0 Å². The standard InChI is InChI=1S/C22H25N7/c1-15-7-16(2)29(26-15)19-6-4-5-17(8-19)10-28-12-20(18-9-25-27(3)11-18)22-21(13-28)23-14-24-22/h4-9,11,14,20H,10,12-13H2,1-3H3,(H,23,24). The van der Waals surface area contributed by atoms with Crippen LogP contribution in [0.15, 0.2) is 49.1 Å². The van der Waals surface area contributed by atoms with Gasteiger partial charge in [-0.25, -0.2) is 9.67 Å². The lowest BCUT2D eigenvalue weighted by Crippen LogP contribution is -2.33. The molecule has 0 spiro atoms. The second kappa shape index (κ2) is 7.00. The molecule has 1 atom stereocenters. The highest BCUT2D eigenvalue weighted by Crippen LogP contribution is 2.32. The van der Waals surface area contributed by atoms with Crippen LogP contribution in [0.4, 0.5) is 0 Å². The Morgan fingerprint density at radius 2 is 2.10 bits per heavy atom. The third-order valence-electron chi connectivity index (χ3n) is 5.60. The molecule has 1 aromatic carbocycles. The number of aryl methyl sites for hydroxylation is 3. The molecule has 0 fully saturated rings. The van der Waals surface area contributed by atoms with Crippen LogP contribution < -0.4 is 0 Å². The number of imidazole rings is 1. The van der Waals surface area contributed by atoms with Crippen LogP contribution in [0.25, 0.3) is 5.69 Å². The van der Waals surface area contributed by atoms with Crippen molar-refractivity contribution in [1.29, 1.82) is 0 Å². The predicted molar refractivity (Wildman–Crippen MR) is 111 cm³/mol. The zero-order valence-electron chi connectivity index (χ0n) is 17.0. The van der Waals surface area contributed by atoms with Gasteiger partial charge < -0.3 is 4.98 Å². The van der Waals surface area contributed by atoms with E-state index in [4.69, 9.17) is 0 Å². The molecule has 148 valence electrons. The van der Waals surface area contributed by atoms with Gasteiger partial charge in [-0.2, -0.15) is 10.2 Å². The van der Waals surface area contributed by atoms with Crippen molar-refractivity contribution in [3.63, 3.8) is 0 Å². The molecule has 4 aromatic rings. The topological polar surface area (TPSA) is 67.6 Å². The normalized spacial score (nSPS) is 16.9. The van der Waals surface area contributed by atoms with Crippen LogP contribution in [0.2, 0.25) is 0 Å². The van der Waals surface area contributed by atoms with Crippen LogP contribution in [0.1, 0.15) is 39.8 Å². The lowest BCUT2D eigenvalue weighted by atomic mass is 9.93. The minimum absolute atomic E-state index is 0.234. The molecule has 1 aliphatic heterocycles. The number of rotatable bonds is 4. The fourth-order valence-corrected chi connectivity index (χ4v) is 4.33. The number of hydrogen-bond acceptors (Lipinski definition) is 4. The van der Waals surface area contributed by atoms with Crippen molar-refractivity contribution in [2.24, 2.45) is 7.05 Å². The smallest absolute Gasteiger partial charge is 0.0925 e. The number of aromatic amines is 1. The molecule has 5 rings (SSSR count). The monoisotopic (exact) mass is 387 g/mol. The van der Waals surface area contributed by atoms with E-state index in [0.717, 1.165) is 42.4 Å². The summed E-state index contributed by atoms with van der Waals surface area (Å²) in [6.07, 6.45) is 5.85. The zero-order chi connectivity index (χ0) is 20.0. The van der Waals surface area contributed by atoms with Gasteiger partial charge in [0.15, 0.2) is 0 Å². The molecule has 3 aromatic heterocycles. The molecule has 7 nitrogen and oxygen atoms in total. The number of nitrogens with zero attached hydrogens (tertiary/aromatic N) is 6. The van der Waals surface area contributed by atoms with Gasteiger partial charge in [-0.3, -0.25) is 9.58 Å². The van der Waals surface area contributed by atoms with Crippen molar-refractivity contribution in [3.8, 4) is 5.69 Å². The van der Waals surface area contributed by atoms with Gasteiger partial charge in [0.05, 0.1) is 35.3 Å². The molecule has 0 saturated carbocycles. The Hall–Kier alpha value is -3.19. The van der Waals surface area contributed by atoms with Gasteiger partial charge in [0.2, 0.25) is 0 Å². The van der Waals surface area contributed by atoms with Crippen LogP contribution in [0.3, 0.4) is 0 Å². The molecule has 0 bridgehead atoms. The first-order valence-electron chi connectivity index (χ1n) is 9.92. The molecule has 1 aliphatic rings.